The first-order valence-corrected chi connectivity index (χ1v) is 6.59. The summed E-state index contributed by atoms with van der Waals surface area (Å²) in [6.07, 6.45) is 1.40. The van der Waals surface area contributed by atoms with Crippen LogP contribution in [0.3, 0.4) is 0 Å². The Morgan fingerprint density at radius 3 is 2.21 bits per heavy atom. The van der Waals surface area contributed by atoms with E-state index < -0.39 is 10.0 Å². The summed E-state index contributed by atoms with van der Waals surface area (Å²) in [5.74, 6) is 0.181. The van der Waals surface area contributed by atoms with Crippen molar-refractivity contribution >= 4 is 10.0 Å². The van der Waals surface area contributed by atoms with E-state index in [2.05, 4.69) is 4.72 Å². The second kappa shape index (κ2) is 5.68. The van der Waals surface area contributed by atoms with Crippen molar-refractivity contribution in [1.82, 2.24) is 4.72 Å². The summed E-state index contributed by atoms with van der Waals surface area (Å²) < 4.78 is 25.4. The Morgan fingerprint density at radius 1 is 1.21 bits per heavy atom. The molecule has 0 rings (SSSR count). The molecule has 0 fully saturated rings. The van der Waals surface area contributed by atoms with Gasteiger partial charge in [-0.15, -0.1) is 0 Å². The third-order valence-electron chi connectivity index (χ3n) is 1.69. The molecule has 5 heteroatoms. The molecule has 0 radical (unpaired) electrons. The molecule has 0 bridgehead atoms. The molecule has 0 atom stereocenters. The highest BCUT2D eigenvalue weighted by Crippen LogP contribution is 2.11. The molecule has 0 aromatic rings. The first-order valence-electron chi connectivity index (χ1n) is 4.94. The first kappa shape index (κ1) is 13.9. The average molecular weight is 222 g/mol. The van der Waals surface area contributed by atoms with Crippen molar-refractivity contribution in [2.24, 2.45) is 11.1 Å². The monoisotopic (exact) mass is 222 g/mol. The van der Waals surface area contributed by atoms with Gasteiger partial charge in [-0.25, -0.2) is 13.1 Å². The molecule has 0 amide bonds. The van der Waals surface area contributed by atoms with Crippen LogP contribution in [0.4, 0.5) is 0 Å². The second-order valence-corrected chi connectivity index (χ2v) is 6.62. The largest absolute Gasteiger partial charge is 0.330 e. The quantitative estimate of drug-likeness (QED) is 0.649. The smallest absolute Gasteiger partial charge is 0.211 e. The van der Waals surface area contributed by atoms with Crippen molar-refractivity contribution in [2.75, 3.05) is 18.8 Å². The maximum Gasteiger partial charge on any atom is 0.211 e. The zero-order valence-electron chi connectivity index (χ0n) is 9.34. The minimum absolute atomic E-state index is 0.0130. The fraction of sp³-hybridized carbons (Fsp3) is 1.00. The summed E-state index contributed by atoms with van der Waals surface area (Å²) in [6.45, 7) is 7.02. The van der Waals surface area contributed by atoms with Crippen LogP contribution in [0, 0.1) is 5.41 Å². The first-order chi connectivity index (χ1) is 6.27. The third kappa shape index (κ3) is 8.47. The fourth-order valence-corrected chi connectivity index (χ4v) is 2.22. The molecule has 0 aliphatic carbocycles. The van der Waals surface area contributed by atoms with Crippen molar-refractivity contribution in [3.05, 3.63) is 0 Å². The molecule has 3 N–H and O–H groups in total. The van der Waals surface area contributed by atoms with Gasteiger partial charge in [0.2, 0.25) is 10.0 Å². The molecule has 0 aromatic carbocycles. The number of hydrogen-bond acceptors (Lipinski definition) is 3. The van der Waals surface area contributed by atoms with Crippen molar-refractivity contribution in [1.29, 1.82) is 0 Å². The van der Waals surface area contributed by atoms with Crippen LogP contribution in [0.5, 0.6) is 0 Å². The van der Waals surface area contributed by atoms with Crippen molar-refractivity contribution < 1.29 is 8.42 Å². The lowest BCUT2D eigenvalue weighted by Crippen LogP contribution is -2.34. The van der Waals surface area contributed by atoms with E-state index >= 15 is 0 Å². The van der Waals surface area contributed by atoms with E-state index in [1.165, 1.54) is 0 Å². The number of hydrogen-bond donors (Lipinski definition) is 2. The lowest BCUT2D eigenvalue weighted by molar-refractivity contribution is 0.407. The van der Waals surface area contributed by atoms with Crippen molar-refractivity contribution in [3.63, 3.8) is 0 Å². The molecule has 0 saturated heterocycles. The number of sulfonamides is 1. The van der Waals surface area contributed by atoms with Gasteiger partial charge in [0.15, 0.2) is 0 Å². The van der Waals surface area contributed by atoms with Crippen LogP contribution in [-0.2, 0) is 10.0 Å². The van der Waals surface area contributed by atoms with Crippen LogP contribution >= 0.6 is 0 Å². The van der Waals surface area contributed by atoms with Gasteiger partial charge in [0.1, 0.15) is 0 Å². The molecule has 0 aromatic heterocycles. The predicted octanol–water partition coefficient (Wildman–Crippen LogP) is 0.691. The lowest BCUT2D eigenvalue weighted by Gasteiger charge is -2.18. The van der Waals surface area contributed by atoms with Crippen LogP contribution < -0.4 is 10.5 Å². The maximum absolute atomic E-state index is 11.4. The maximum atomic E-state index is 11.4. The van der Waals surface area contributed by atoms with Gasteiger partial charge in [-0.05, 0) is 24.8 Å². The SMILES string of the molecule is CC(C)(C)CNS(=O)(=O)CCCCN. The zero-order chi connectivity index (χ0) is 11.2. The number of nitrogens with two attached hydrogens (primary N) is 1. The van der Waals surface area contributed by atoms with Gasteiger partial charge in [-0.2, -0.15) is 0 Å². The van der Waals surface area contributed by atoms with Gasteiger partial charge >= 0.3 is 0 Å². The van der Waals surface area contributed by atoms with E-state index in [4.69, 9.17) is 5.73 Å². The van der Waals surface area contributed by atoms with Gasteiger partial charge in [0, 0.05) is 6.54 Å². The van der Waals surface area contributed by atoms with E-state index in [9.17, 15) is 8.42 Å². The van der Waals surface area contributed by atoms with E-state index in [-0.39, 0.29) is 11.2 Å². The molecule has 0 aliphatic heterocycles. The predicted molar refractivity (Wildman–Crippen MR) is 59.5 cm³/mol. The van der Waals surface area contributed by atoms with E-state index in [1.54, 1.807) is 0 Å². The molecule has 14 heavy (non-hydrogen) atoms. The molecule has 0 aliphatic rings. The third-order valence-corrected chi connectivity index (χ3v) is 3.10. The minimum atomic E-state index is -3.09. The molecule has 0 heterocycles. The normalized spacial score (nSPS) is 13.1. The summed E-state index contributed by atoms with van der Waals surface area (Å²) in [6, 6.07) is 0. The Labute approximate surface area is 87.3 Å². The number of rotatable bonds is 6. The highest BCUT2D eigenvalue weighted by Gasteiger charge is 2.15. The van der Waals surface area contributed by atoms with E-state index in [0.29, 0.717) is 19.5 Å². The molecule has 4 nitrogen and oxygen atoms in total. The summed E-state index contributed by atoms with van der Waals surface area (Å²) >= 11 is 0. The Kier molecular flexibility index (Phi) is 5.63. The number of nitrogens with one attached hydrogen (secondary N) is 1. The standard InChI is InChI=1S/C9H22N2O2S/c1-9(2,3)8-11-14(12,13)7-5-4-6-10/h11H,4-8,10H2,1-3H3. The van der Waals surface area contributed by atoms with Gasteiger partial charge in [-0.1, -0.05) is 20.8 Å². The summed E-state index contributed by atoms with van der Waals surface area (Å²) in [5.41, 5.74) is 5.27. The van der Waals surface area contributed by atoms with Crippen LogP contribution in [-0.4, -0.2) is 27.3 Å². The Bertz CT molecular complexity index is 242. The zero-order valence-corrected chi connectivity index (χ0v) is 10.2. The van der Waals surface area contributed by atoms with Crippen molar-refractivity contribution in [2.45, 2.75) is 33.6 Å². The highest BCUT2D eigenvalue weighted by molar-refractivity contribution is 7.89. The van der Waals surface area contributed by atoms with Gasteiger partial charge < -0.3 is 5.73 Å². The van der Waals surface area contributed by atoms with E-state index in [0.717, 1.165) is 6.42 Å². The number of unbranched alkanes of at least 4 members (excludes halogenated alkanes) is 1. The van der Waals surface area contributed by atoms with Crippen molar-refractivity contribution in [3.8, 4) is 0 Å². The summed E-state index contributed by atoms with van der Waals surface area (Å²) in [4.78, 5) is 0. The van der Waals surface area contributed by atoms with Gasteiger partial charge in [0.05, 0.1) is 5.75 Å². The minimum Gasteiger partial charge on any atom is -0.330 e. The Balaban J connectivity index is 3.85. The van der Waals surface area contributed by atoms with Crippen LogP contribution in [0.2, 0.25) is 0 Å². The van der Waals surface area contributed by atoms with Crippen LogP contribution in [0.25, 0.3) is 0 Å². The summed E-state index contributed by atoms with van der Waals surface area (Å²) in [7, 11) is -3.09. The topological polar surface area (TPSA) is 72.2 Å². The Morgan fingerprint density at radius 2 is 1.79 bits per heavy atom. The molecular weight excluding hydrogens is 200 g/mol. The van der Waals surface area contributed by atoms with E-state index in [1.807, 2.05) is 20.8 Å². The Hall–Kier alpha value is -0.130. The molecule has 86 valence electrons. The van der Waals surface area contributed by atoms with Gasteiger partial charge in [-0.3, -0.25) is 0 Å². The molecular formula is C9H22N2O2S. The molecule has 0 spiro atoms. The van der Waals surface area contributed by atoms with Gasteiger partial charge in [0.25, 0.3) is 0 Å². The molecule has 0 saturated carbocycles. The fourth-order valence-electron chi connectivity index (χ4n) is 0.835. The second-order valence-electron chi connectivity index (χ2n) is 4.70. The van der Waals surface area contributed by atoms with Crippen LogP contribution in [0.1, 0.15) is 33.6 Å². The lowest BCUT2D eigenvalue weighted by atomic mass is 9.98. The summed E-state index contributed by atoms with van der Waals surface area (Å²) in [5, 5.41) is 0. The van der Waals surface area contributed by atoms with Crippen LogP contribution in [0.15, 0.2) is 0 Å². The molecule has 0 unspecified atom stereocenters. The highest BCUT2D eigenvalue weighted by atomic mass is 32.2. The average Bonchev–Trinajstić information content (AvgIpc) is 2.00.